The van der Waals surface area contributed by atoms with E-state index in [1.165, 1.54) is 51.3 Å². The number of benzene rings is 3. The van der Waals surface area contributed by atoms with Gasteiger partial charge in [0.1, 0.15) is 5.82 Å². The number of aromatic amines is 2. The van der Waals surface area contributed by atoms with Crippen molar-refractivity contribution in [3.05, 3.63) is 78.2 Å². The zero-order valence-corrected chi connectivity index (χ0v) is 26.3. The van der Waals surface area contributed by atoms with Crippen LogP contribution in [0.2, 0.25) is 0 Å². The fourth-order valence-corrected chi connectivity index (χ4v) is 8.41. The molecule has 3 N–H and O–H groups in total. The summed E-state index contributed by atoms with van der Waals surface area (Å²) in [5.74, 6) is 2.69. The summed E-state index contributed by atoms with van der Waals surface area (Å²) in [5.41, 5.74) is 10.0. The average Bonchev–Trinajstić information content (AvgIpc) is 3.76. The van der Waals surface area contributed by atoms with Crippen LogP contribution < -0.4 is 10.2 Å². The van der Waals surface area contributed by atoms with E-state index in [9.17, 15) is 0 Å². The number of hydrogen-bond acceptors (Lipinski definition) is 6. The Kier molecular flexibility index (Phi) is 6.91. The molecule has 1 aliphatic heterocycles. The van der Waals surface area contributed by atoms with Gasteiger partial charge in [-0.15, -0.1) is 0 Å². The van der Waals surface area contributed by atoms with Gasteiger partial charge in [-0.25, -0.2) is 4.98 Å². The molecule has 2 aliphatic rings. The lowest BCUT2D eigenvalue weighted by Crippen LogP contribution is -2.33. The van der Waals surface area contributed by atoms with Gasteiger partial charge in [-0.2, -0.15) is 10.2 Å². The highest BCUT2D eigenvalue weighted by Gasteiger charge is 2.27. The number of aromatic nitrogens is 5. The second-order valence-electron chi connectivity index (χ2n) is 12.5. The van der Waals surface area contributed by atoms with Gasteiger partial charge in [0.2, 0.25) is 0 Å². The minimum atomic E-state index is 0.799. The summed E-state index contributed by atoms with van der Waals surface area (Å²) in [6, 6.07) is 21.9. The topological polar surface area (TPSA) is 85.5 Å². The minimum Gasteiger partial charge on any atom is -0.323 e. The molecule has 0 bridgehead atoms. The second-order valence-corrected chi connectivity index (χ2v) is 13.6. The second kappa shape index (κ2) is 11.1. The number of H-pyrrole nitrogens is 2. The van der Waals surface area contributed by atoms with Crippen molar-refractivity contribution in [2.75, 3.05) is 24.5 Å². The first-order valence-corrected chi connectivity index (χ1v) is 16.5. The Hall–Kier alpha value is -4.14. The monoisotopic (exact) mass is 599 g/mol. The summed E-state index contributed by atoms with van der Waals surface area (Å²) in [7, 11) is 0. The van der Waals surface area contributed by atoms with E-state index in [2.05, 4.69) is 112 Å². The molecule has 222 valence electrons. The van der Waals surface area contributed by atoms with Gasteiger partial charge in [-0.1, -0.05) is 55.4 Å². The van der Waals surface area contributed by atoms with E-state index in [0.29, 0.717) is 0 Å². The molecular formula is C36H37N7S. The quantitative estimate of drug-likeness (QED) is 0.160. The van der Waals surface area contributed by atoms with Crippen molar-refractivity contribution < 1.29 is 0 Å². The maximum atomic E-state index is 5.12. The van der Waals surface area contributed by atoms with Crippen LogP contribution in [0.1, 0.15) is 37.6 Å². The van der Waals surface area contributed by atoms with Gasteiger partial charge < -0.3 is 10.2 Å². The molecule has 44 heavy (non-hydrogen) atoms. The Labute approximate surface area is 261 Å². The number of fused-ring (bicyclic) bond motifs is 4. The summed E-state index contributed by atoms with van der Waals surface area (Å²) >= 11 is 1.82. The van der Waals surface area contributed by atoms with Gasteiger partial charge >= 0.3 is 0 Å². The highest BCUT2D eigenvalue weighted by Crippen LogP contribution is 2.50. The van der Waals surface area contributed by atoms with Gasteiger partial charge in [-0.3, -0.25) is 10.2 Å². The molecule has 1 aliphatic carbocycles. The van der Waals surface area contributed by atoms with Crippen LogP contribution in [0.4, 0.5) is 11.5 Å². The van der Waals surface area contributed by atoms with Crippen LogP contribution in [0.25, 0.3) is 44.1 Å². The Morgan fingerprint density at radius 1 is 0.864 bits per heavy atom. The lowest BCUT2D eigenvalue weighted by atomic mass is 9.99. The number of aryl methyl sites for hydroxylation is 2. The van der Waals surface area contributed by atoms with E-state index in [-0.39, 0.29) is 0 Å². The van der Waals surface area contributed by atoms with Crippen LogP contribution in [0.5, 0.6) is 0 Å². The number of anilines is 2. The first-order valence-electron chi connectivity index (χ1n) is 15.7. The molecule has 0 amide bonds. The summed E-state index contributed by atoms with van der Waals surface area (Å²) in [4.78, 5) is 9.95. The van der Waals surface area contributed by atoms with E-state index in [0.717, 1.165) is 76.2 Å². The normalized spacial score (nSPS) is 17.8. The van der Waals surface area contributed by atoms with Gasteiger partial charge in [0.15, 0.2) is 0 Å². The van der Waals surface area contributed by atoms with E-state index < -0.39 is 0 Å². The summed E-state index contributed by atoms with van der Waals surface area (Å²) in [5, 5.41) is 21.4. The molecular weight excluding hydrogens is 563 g/mol. The van der Waals surface area contributed by atoms with Gasteiger partial charge in [-0.05, 0) is 92.1 Å². The van der Waals surface area contributed by atoms with Gasteiger partial charge in [0.25, 0.3) is 0 Å². The van der Waals surface area contributed by atoms with Gasteiger partial charge in [0, 0.05) is 40.5 Å². The molecule has 8 rings (SSSR count). The predicted molar refractivity (Wildman–Crippen MR) is 181 cm³/mol. The van der Waals surface area contributed by atoms with Gasteiger partial charge in [0.05, 0.1) is 33.0 Å². The summed E-state index contributed by atoms with van der Waals surface area (Å²) in [6.07, 6.45) is 6.09. The van der Waals surface area contributed by atoms with Crippen LogP contribution in [-0.4, -0.2) is 45.0 Å². The Balaban J connectivity index is 1.17. The molecule has 0 radical (unpaired) electrons. The standard InChI is InChI=1S/C36H37N7S/c1-21-10-11-24(16-21)19-37-14-15-43-31-13-12-25(27-6-4-8-29-34(27)22(2)39-41-29)17-32(31)44-33-18-26(20-38-36(33)43)28-7-5-9-30-35(28)23(3)40-42-30/h4-9,12-13,17-18,20-21,24,37H,10-11,14-16,19H2,1-3H3,(H,39,41)(H,40,42). The molecule has 0 spiro atoms. The molecule has 2 unspecified atom stereocenters. The van der Waals surface area contributed by atoms with E-state index in [1.54, 1.807) is 0 Å². The molecule has 1 saturated carbocycles. The highest BCUT2D eigenvalue weighted by molar-refractivity contribution is 7.99. The maximum absolute atomic E-state index is 5.12. The zero-order valence-electron chi connectivity index (χ0n) is 25.4. The van der Waals surface area contributed by atoms with Crippen molar-refractivity contribution in [2.45, 2.75) is 49.8 Å². The van der Waals surface area contributed by atoms with Crippen molar-refractivity contribution in [1.82, 2.24) is 30.7 Å². The fraction of sp³-hybridized carbons (Fsp3) is 0.306. The van der Waals surface area contributed by atoms with E-state index >= 15 is 0 Å². The Bertz CT molecular complexity index is 1880. The molecule has 3 aromatic carbocycles. The molecule has 6 aromatic rings. The largest absolute Gasteiger partial charge is 0.323 e. The number of nitrogens with one attached hydrogen (secondary N) is 3. The summed E-state index contributed by atoms with van der Waals surface area (Å²) in [6.45, 7) is 9.39. The SMILES string of the molecule is Cc1n[nH]c2cccc(-c3ccc4c(c3)Sc3cc(-c5cccc6[nH]nc(C)c56)cnc3N4CCNCC3CCC(C)C3)c12. The molecule has 3 aromatic heterocycles. The third-order valence-electron chi connectivity index (χ3n) is 9.47. The predicted octanol–water partition coefficient (Wildman–Crippen LogP) is 8.41. The Morgan fingerprint density at radius 2 is 1.57 bits per heavy atom. The average molecular weight is 600 g/mol. The first-order chi connectivity index (χ1) is 21.5. The first kappa shape index (κ1) is 27.4. The molecule has 8 heteroatoms. The van der Waals surface area contributed by atoms with Crippen molar-refractivity contribution >= 4 is 45.1 Å². The van der Waals surface area contributed by atoms with Crippen LogP contribution in [-0.2, 0) is 0 Å². The smallest absolute Gasteiger partial charge is 0.147 e. The number of hydrogen-bond donors (Lipinski definition) is 3. The third kappa shape index (κ3) is 4.77. The molecule has 4 heterocycles. The molecule has 7 nitrogen and oxygen atoms in total. The van der Waals surface area contributed by atoms with Crippen molar-refractivity contribution in [3.63, 3.8) is 0 Å². The third-order valence-corrected chi connectivity index (χ3v) is 10.5. The number of rotatable bonds is 7. The lowest BCUT2D eigenvalue weighted by molar-refractivity contribution is 0.474. The van der Waals surface area contributed by atoms with Crippen LogP contribution >= 0.6 is 11.8 Å². The minimum absolute atomic E-state index is 0.799. The molecule has 1 fully saturated rings. The number of pyridine rings is 1. The van der Waals surface area contributed by atoms with Crippen molar-refractivity contribution in [3.8, 4) is 22.3 Å². The lowest BCUT2D eigenvalue weighted by Gasteiger charge is -2.32. The maximum Gasteiger partial charge on any atom is 0.147 e. The van der Waals surface area contributed by atoms with Crippen LogP contribution in [0, 0.1) is 25.7 Å². The fourth-order valence-electron chi connectivity index (χ4n) is 7.27. The molecule has 0 saturated heterocycles. The van der Waals surface area contributed by atoms with Crippen LogP contribution in [0.15, 0.2) is 76.7 Å². The van der Waals surface area contributed by atoms with Crippen LogP contribution in [0.3, 0.4) is 0 Å². The Morgan fingerprint density at radius 3 is 2.27 bits per heavy atom. The van der Waals surface area contributed by atoms with E-state index in [1.807, 2.05) is 18.0 Å². The van der Waals surface area contributed by atoms with Crippen molar-refractivity contribution in [2.24, 2.45) is 11.8 Å². The zero-order chi connectivity index (χ0) is 29.8. The number of nitrogens with zero attached hydrogens (tertiary/aromatic N) is 4. The molecule has 2 atom stereocenters. The van der Waals surface area contributed by atoms with E-state index in [4.69, 9.17) is 4.98 Å². The van der Waals surface area contributed by atoms with Crippen molar-refractivity contribution in [1.29, 1.82) is 0 Å². The highest BCUT2D eigenvalue weighted by atomic mass is 32.2. The summed E-state index contributed by atoms with van der Waals surface area (Å²) < 4.78 is 0.